The number of nitrogens with zero attached hydrogens (tertiary/aromatic N) is 3. The van der Waals surface area contributed by atoms with Crippen molar-refractivity contribution in [2.24, 2.45) is 17.8 Å². The second kappa shape index (κ2) is 7.29. The molecule has 0 radical (unpaired) electrons. The van der Waals surface area contributed by atoms with Gasteiger partial charge in [-0.3, -0.25) is 4.79 Å². The molecular formula is C20H26N4O3. The van der Waals surface area contributed by atoms with Gasteiger partial charge in [-0.05, 0) is 69.1 Å². The molecule has 1 aromatic heterocycles. The van der Waals surface area contributed by atoms with Crippen LogP contribution >= 0.6 is 0 Å². The van der Waals surface area contributed by atoms with Crippen LogP contribution in [0.5, 0.6) is 0 Å². The van der Waals surface area contributed by atoms with E-state index in [4.69, 9.17) is 4.74 Å². The van der Waals surface area contributed by atoms with Gasteiger partial charge in [0.15, 0.2) is 6.61 Å². The predicted molar refractivity (Wildman–Crippen MR) is 100 cm³/mol. The molecule has 1 heterocycles. The number of carbonyl (C=O) groups is 2. The number of aromatic nitrogens is 3. The largest absolute Gasteiger partial charge is 0.452 e. The molecular weight excluding hydrogens is 344 g/mol. The summed E-state index contributed by atoms with van der Waals surface area (Å²) in [6.45, 7) is 4.49. The highest BCUT2D eigenvalue weighted by molar-refractivity contribution is 5.94. The molecule has 4 atom stereocenters. The smallest absolute Gasteiger partial charge is 0.338 e. The summed E-state index contributed by atoms with van der Waals surface area (Å²) in [5, 5.41) is 11.1. The third-order valence-corrected chi connectivity index (χ3v) is 6.21. The normalized spacial score (nSPS) is 24.9. The maximum Gasteiger partial charge on any atom is 0.338 e. The van der Waals surface area contributed by atoms with Crippen molar-refractivity contribution >= 4 is 22.9 Å². The van der Waals surface area contributed by atoms with Crippen molar-refractivity contribution in [2.75, 3.05) is 6.61 Å². The van der Waals surface area contributed by atoms with Crippen molar-refractivity contribution in [2.45, 2.75) is 52.1 Å². The molecule has 1 amide bonds. The van der Waals surface area contributed by atoms with Crippen LogP contribution in [0.15, 0.2) is 18.2 Å². The van der Waals surface area contributed by atoms with Gasteiger partial charge in [-0.1, -0.05) is 11.6 Å². The van der Waals surface area contributed by atoms with Crippen LogP contribution in [-0.2, 0) is 16.1 Å². The molecule has 0 saturated heterocycles. The Hall–Kier alpha value is -2.44. The van der Waals surface area contributed by atoms with Crippen LogP contribution in [0.2, 0.25) is 0 Å². The fraction of sp³-hybridized carbons (Fsp3) is 0.600. The first-order chi connectivity index (χ1) is 13.0. The topological polar surface area (TPSA) is 86.1 Å². The molecule has 2 bridgehead atoms. The second-order valence-corrected chi connectivity index (χ2v) is 7.88. The number of nitrogens with one attached hydrogen (secondary N) is 1. The quantitative estimate of drug-likeness (QED) is 0.790. The van der Waals surface area contributed by atoms with E-state index in [1.807, 2.05) is 6.92 Å². The molecule has 7 nitrogen and oxygen atoms in total. The Morgan fingerprint density at radius 2 is 2.19 bits per heavy atom. The summed E-state index contributed by atoms with van der Waals surface area (Å²) in [6, 6.07) is 5.25. The average molecular weight is 370 g/mol. The van der Waals surface area contributed by atoms with Crippen LogP contribution < -0.4 is 5.32 Å². The maximum absolute atomic E-state index is 12.3. The minimum absolute atomic E-state index is 0.131. The first kappa shape index (κ1) is 17.9. The van der Waals surface area contributed by atoms with Crippen LogP contribution in [0.1, 0.15) is 49.9 Å². The van der Waals surface area contributed by atoms with E-state index in [1.54, 1.807) is 22.9 Å². The number of rotatable bonds is 6. The molecule has 4 rings (SSSR count). The number of benzene rings is 1. The molecule has 2 aromatic rings. The standard InChI is InChI=1S/C20H26N4O3/c1-3-24-18-7-6-15(10-17(18)22-23-24)20(26)27-11-19(25)21-12(2)16-9-13-4-5-14(16)8-13/h6-7,10,12-14,16H,3-5,8-9,11H2,1-2H3,(H,21,25)/t12-,13-,14-,16+/m0/s1. The van der Waals surface area contributed by atoms with Crippen LogP contribution in [0.4, 0.5) is 0 Å². The first-order valence-corrected chi connectivity index (χ1v) is 9.85. The molecule has 1 aromatic carbocycles. The molecule has 0 spiro atoms. The highest BCUT2D eigenvalue weighted by Crippen LogP contribution is 2.49. The van der Waals surface area contributed by atoms with Gasteiger partial charge in [0, 0.05) is 12.6 Å². The highest BCUT2D eigenvalue weighted by Gasteiger charge is 2.42. The van der Waals surface area contributed by atoms with E-state index < -0.39 is 5.97 Å². The Bertz CT molecular complexity index is 862. The zero-order valence-electron chi connectivity index (χ0n) is 15.9. The minimum atomic E-state index is -0.523. The van der Waals surface area contributed by atoms with E-state index in [9.17, 15) is 9.59 Å². The zero-order valence-corrected chi connectivity index (χ0v) is 15.9. The molecule has 2 aliphatic rings. The Morgan fingerprint density at radius 3 is 2.89 bits per heavy atom. The summed E-state index contributed by atoms with van der Waals surface area (Å²) in [6.07, 6.45) is 5.15. The van der Waals surface area contributed by atoms with E-state index >= 15 is 0 Å². The van der Waals surface area contributed by atoms with Gasteiger partial charge in [-0.2, -0.15) is 0 Å². The Balaban J connectivity index is 1.30. The van der Waals surface area contributed by atoms with Gasteiger partial charge in [-0.15, -0.1) is 5.10 Å². The highest BCUT2D eigenvalue weighted by atomic mass is 16.5. The summed E-state index contributed by atoms with van der Waals surface area (Å²) in [5.41, 5.74) is 1.88. The van der Waals surface area contributed by atoms with Gasteiger partial charge < -0.3 is 10.1 Å². The third kappa shape index (κ3) is 3.55. The van der Waals surface area contributed by atoms with Crippen molar-refractivity contribution in [3.05, 3.63) is 23.8 Å². The SMILES string of the molecule is CCn1nnc2cc(C(=O)OCC(=O)N[C@@H](C)[C@H]3C[C@H]4CC[C@H]3C4)ccc21. The van der Waals surface area contributed by atoms with Gasteiger partial charge in [-0.25, -0.2) is 9.48 Å². The molecule has 2 saturated carbocycles. The van der Waals surface area contributed by atoms with Gasteiger partial charge in [0.2, 0.25) is 0 Å². The summed E-state index contributed by atoms with van der Waals surface area (Å²) in [7, 11) is 0. The van der Waals surface area contributed by atoms with Gasteiger partial charge in [0.05, 0.1) is 11.1 Å². The molecule has 0 unspecified atom stereocenters. The van der Waals surface area contributed by atoms with Crippen LogP contribution in [0.25, 0.3) is 11.0 Å². The van der Waals surface area contributed by atoms with Crippen molar-refractivity contribution in [1.82, 2.24) is 20.3 Å². The van der Waals surface area contributed by atoms with Crippen molar-refractivity contribution in [1.29, 1.82) is 0 Å². The zero-order chi connectivity index (χ0) is 19.0. The lowest BCUT2D eigenvalue weighted by Crippen LogP contribution is -2.42. The summed E-state index contributed by atoms with van der Waals surface area (Å²) >= 11 is 0. The third-order valence-electron chi connectivity index (χ3n) is 6.21. The molecule has 0 aliphatic heterocycles. The van der Waals surface area contributed by atoms with Gasteiger partial charge in [0.1, 0.15) is 5.52 Å². The van der Waals surface area contributed by atoms with Crippen molar-refractivity contribution in [3.63, 3.8) is 0 Å². The number of hydrogen-bond acceptors (Lipinski definition) is 5. The Kier molecular flexibility index (Phi) is 4.85. The van der Waals surface area contributed by atoms with Crippen LogP contribution in [-0.4, -0.2) is 39.5 Å². The monoisotopic (exact) mass is 370 g/mol. The second-order valence-electron chi connectivity index (χ2n) is 7.88. The lowest BCUT2D eigenvalue weighted by molar-refractivity contribution is -0.125. The van der Waals surface area contributed by atoms with E-state index in [-0.39, 0.29) is 18.6 Å². The lowest BCUT2D eigenvalue weighted by Gasteiger charge is -2.28. The number of amides is 1. The molecule has 144 valence electrons. The van der Waals surface area contributed by atoms with E-state index in [1.165, 1.54) is 25.7 Å². The van der Waals surface area contributed by atoms with Gasteiger partial charge >= 0.3 is 5.97 Å². The molecule has 2 aliphatic carbocycles. The molecule has 27 heavy (non-hydrogen) atoms. The number of carbonyl (C=O) groups excluding carboxylic acids is 2. The van der Waals surface area contributed by atoms with Crippen LogP contribution in [0, 0.1) is 17.8 Å². The fourth-order valence-corrected chi connectivity index (χ4v) is 4.86. The molecule has 1 N–H and O–H groups in total. The van der Waals surface area contributed by atoms with Crippen molar-refractivity contribution in [3.8, 4) is 0 Å². The molecule has 2 fully saturated rings. The Labute approximate surface area is 158 Å². The van der Waals surface area contributed by atoms with E-state index in [0.29, 0.717) is 23.5 Å². The summed E-state index contributed by atoms with van der Waals surface area (Å²) in [5.74, 6) is 1.39. The number of hydrogen-bond donors (Lipinski definition) is 1. The van der Waals surface area contributed by atoms with E-state index in [0.717, 1.165) is 17.4 Å². The fourth-order valence-electron chi connectivity index (χ4n) is 4.86. The molecule has 7 heteroatoms. The van der Waals surface area contributed by atoms with Crippen molar-refractivity contribution < 1.29 is 14.3 Å². The van der Waals surface area contributed by atoms with Gasteiger partial charge in [0.25, 0.3) is 5.91 Å². The summed E-state index contributed by atoms with van der Waals surface area (Å²) in [4.78, 5) is 24.5. The predicted octanol–water partition coefficient (Wildman–Crippen LogP) is 2.55. The summed E-state index contributed by atoms with van der Waals surface area (Å²) < 4.78 is 6.95. The number of fused-ring (bicyclic) bond motifs is 3. The first-order valence-electron chi connectivity index (χ1n) is 9.85. The number of aryl methyl sites for hydroxylation is 1. The lowest BCUT2D eigenvalue weighted by atomic mass is 9.84. The number of esters is 1. The maximum atomic E-state index is 12.3. The minimum Gasteiger partial charge on any atom is -0.452 e. The number of ether oxygens (including phenoxy) is 1. The van der Waals surface area contributed by atoms with Crippen LogP contribution in [0.3, 0.4) is 0 Å². The average Bonchev–Trinajstić information content (AvgIpc) is 3.40. The Morgan fingerprint density at radius 1 is 1.33 bits per heavy atom. The van der Waals surface area contributed by atoms with E-state index in [2.05, 4.69) is 22.6 Å².